The molecule has 0 saturated heterocycles. The van der Waals surface area contributed by atoms with Gasteiger partial charge in [-0.05, 0) is 68.8 Å². The van der Waals surface area contributed by atoms with Gasteiger partial charge in [0, 0.05) is 23.9 Å². The maximum Gasteiger partial charge on any atom is 0.198 e. The minimum absolute atomic E-state index is 0.331. The second-order valence-corrected chi connectivity index (χ2v) is 10.2. The van der Waals surface area contributed by atoms with Crippen LogP contribution in [0.2, 0.25) is 0 Å². The molecule has 39 heavy (non-hydrogen) atoms. The summed E-state index contributed by atoms with van der Waals surface area (Å²) >= 11 is 0. The molecule has 2 aromatic heterocycles. The van der Waals surface area contributed by atoms with Crippen molar-refractivity contribution < 1.29 is 4.42 Å². The minimum atomic E-state index is 0.331. The molecule has 1 unspecified atom stereocenters. The van der Waals surface area contributed by atoms with E-state index >= 15 is 0 Å². The Bertz CT molecular complexity index is 1840. The molecule has 7 aromatic rings. The van der Waals surface area contributed by atoms with E-state index in [4.69, 9.17) is 4.42 Å². The summed E-state index contributed by atoms with van der Waals surface area (Å²) in [6.07, 6.45) is 8.70. The van der Waals surface area contributed by atoms with Crippen molar-refractivity contribution in [3.8, 4) is 11.3 Å². The van der Waals surface area contributed by atoms with Gasteiger partial charge in [0.15, 0.2) is 11.7 Å². The number of fused-ring (bicyclic) bond motifs is 6. The van der Waals surface area contributed by atoms with E-state index in [1.54, 1.807) is 0 Å². The number of oxazole rings is 1. The average Bonchev–Trinajstić information content (AvgIpc) is 3.52. The third-order valence-corrected chi connectivity index (χ3v) is 7.83. The molecule has 8 rings (SSSR count). The number of rotatable bonds is 2. The highest BCUT2D eigenvalue weighted by atomic mass is 16.4. The van der Waals surface area contributed by atoms with E-state index in [2.05, 4.69) is 82.8 Å². The Hall–Kier alpha value is -4.76. The molecule has 5 aromatic carbocycles. The van der Waals surface area contributed by atoms with E-state index in [-0.39, 0.29) is 0 Å². The highest BCUT2D eigenvalue weighted by molar-refractivity contribution is 6.08. The lowest BCUT2D eigenvalue weighted by Gasteiger charge is -2.24. The van der Waals surface area contributed by atoms with Gasteiger partial charge in [0.1, 0.15) is 0 Å². The Labute approximate surface area is 227 Å². The Morgan fingerprint density at radius 1 is 0.615 bits per heavy atom. The van der Waals surface area contributed by atoms with Crippen molar-refractivity contribution in [2.24, 2.45) is 0 Å². The van der Waals surface area contributed by atoms with Crippen LogP contribution in [0.15, 0.2) is 132 Å². The number of benzene rings is 5. The largest absolute Gasteiger partial charge is 0.440 e. The highest BCUT2D eigenvalue weighted by Gasteiger charge is 2.25. The zero-order chi connectivity index (χ0) is 26.0. The molecule has 0 N–H and O–H groups in total. The van der Waals surface area contributed by atoms with Crippen molar-refractivity contribution in [1.29, 1.82) is 0 Å². The number of nitrogens with zero attached hydrogens (tertiary/aromatic N) is 2. The van der Waals surface area contributed by atoms with E-state index < -0.39 is 0 Å². The van der Waals surface area contributed by atoms with Crippen LogP contribution < -0.4 is 0 Å². The lowest BCUT2D eigenvalue weighted by atomic mass is 9.81. The van der Waals surface area contributed by atoms with E-state index in [0.29, 0.717) is 5.92 Å². The first kappa shape index (κ1) is 23.4. The summed E-state index contributed by atoms with van der Waals surface area (Å²) in [6.45, 7) is 0. The molecule has 188 valence electrons. The van der Waals surface area contributed by atoms with Crippen LogP contribution in [0.4, 0.5) is 0 Å². The maximum absolute atomic E-state index is 6.20. The first-order chi connectivity index (χ1) is 19.3. The second kappa shape index (κ2) is 10.2. The van der Waals surface area contributed by atoms with Crippen molar-refractivity contribution >= 4 is 32.3 Å². The van der Waals surface area contributed by atoms with E-state index in [9.17, 15) is 0 Å². The minimum Gasteiger partial charge on any atom is -0.440 e. The lowest BCUT2D eigenvalue weighted by Crippen LogP contribution is -2.13. The molecule has 0 aliphatic heterocycles. The fraction of sp³-hybridized carbons (Fsp3) is 0.111. The molecule has 2 heterocycles. The Morgan fingerprint density at radius 3 is 2.26 bits per heavy atom. The number of hydrogen-bond donors (Lipinski definition) is 0. The molecule has 0 fully saturated rings. The summed E-state index contributed by atoms with van der Waals surface area (Å²) < 4.78 is 6.20. The van der Waals surface area contributed by atoms with Gasteiger partial charge in [-0.3, -0.25) is 4.98 Å². The monoisotopic (exact) mass is 504 g/mol. The SMILES string of the molecule is c1ccc(-c2cnc(C3CCc4ccc5c(ccc6ccccc65)c4C3)o2)cc1.c1ccc2cnccc2c1. The molecule has 0 amide bonds. The van der Waals surface area contributed by atoms with Gasteiger partial charge in [0.05, 0.1) is 6.20 Å². The summed E-state index contributed by atoms with van der Waals surface area (Å²) in [5.41, 5.74) is 4.02. The summed E-state index contributed by atoms with van der Waals surface area (Å²) in [6, 6.07) is 38.2. The smallest absolute Gasteiger partial charge is 0.198 e. The van der Waals surface area contributed by atoms with Gasteiger partial charge in [-0.2, -0.15) is 0 Å². The zero-order valence-electron chi connectivity index (χ0n) is 21.6. The van der Waals surface area contributed by atoms with E-state index in [1.807, 2.05) is 55.0 Å². The number of hydrogen-bond acceptors (Lipinski definition) is 3. The molecule has 0 spiro atoms. The van der Waals surface area contributed by atoms with Crippen LogP contribution >= 0.6 is 0 Å². The third kappa shape index (κ3) is 4.57. The molecular weight excluding hydrogens is 476 g/mol. The topological polar surface area (TPSA) is 38.9 Å². The maximum atomic E-state index is 6.20. The van der Waals surface area contributed by atoms with Crippen molar-refractivity contribution in [2.75, 3.05) is 0 Å². The van der Waals surface area contributed by atoms with Crippen molar-refractivity contribution in [3.63, 3.8) is 0 Å². The molecule has 1 aliphatic carbocycles. The molecule has 3 nitrogen and oxygen atoms in total. The third-order valence-electron chi connectivity index (χ3n) is 7.83. The predicted octanol–water partition coefficient (Wildman–Crippen LogP) is 9.16. The van der Waals surface area contributed by atoms with Gasteiger partial charge in [0.25, 0.3) is 0 Å². The van der Waals surface area contributed by atoms with Gasteiger partial charge in [0.2, 0.25) is 0 Å². The molecule has 1 atom stereocenters. The molecular formula is C36H28N2O. The van der Waals surface area contributed by atoms with Crippen LogP contribution in [0.25, 0.3) is 43.6 Å². The van der Waals surface area contributed by atoms with Gasteiger partial charge < -0.3 is 4.42 Å². The van der Waals surface area contributed by atoms with Gasteiger partial charge in [-0.15, -0.1) is 0 Å². The van der Waals surface area contributed by atoms with Crippen molar-refractivity contribution in [3.05, 3.63) is 145 Å². The quantitative estimate of drug-likeness (QED) is 0.220. The summed E-state index contributed by atoms with van der Waals surface area (Å²) in [5.74, 6) is 2.06. The Morgan fingerprint density at radius 2 is 1.38 bits per heavy atom. The predicted molar refractivity (Wildman–Crippen MR) is 160 cm³/mol. The van der Waals surface area contributed by atoms with Gasteiger partial charge >= 0.3 is 0 Å². The van der Waals surface area contributed by atoms with Crippen molar-refractivity contribution in [1.82, 2.24) is 9.97 Å². The first-order valence-corrected chi connectivity index (χ1v) is 13.6. The van der Waals surface area contributed by atoms with Gasteiger partial charge in [-0.25, -0.2) is 4.98 Å². The number of pyridine rings is 1. The number of aromatic nitrogens is 2. The van der Waals surface area contributed by atoms with Crippen LogP contribution in [0, 0.1) is 0 Å². The van der Waals surface area contributed by atoms with Crippen LogP contribution in [-0.2, 0) is 12.8 Å². The standard InChI is InChI=1S/C27H21NO.C9H7N/c1-2-7-20(8-3-1)26-17-28-27(29-26)21-11-10-19-13-14-23-22-9-5-4-6-18(22)12-15-24(23)25(19)16-21;1-2-4-9-7-10-6-5-8(9)3-1/h1-9,12-15,17,21H,10-11,16H2;1-7H. The van der Waals surface area contributed by atoms with Crippen LogP contribution in [-0.4, -0.2) is 9.97 Å². The first-order valence-electron chi connectivity index (χ1n) is 13.6. The number of aryl methyl sites for hydroxylation is 1. The van der Waals surface area contributed by atoms with Crippen molar-refractivity contribution in [2.45, 2.75) is 25.2 Å². The lowest BCUT2D eigenvalue weighted by molar-refractivity contribution is 0.426. The zero-order valence-corrected chi connectivity index (χ0v) is 21.6. The fourth-order valence-electron chi connectivity index (χ4n) is 5.80. The summed E-state index contributed by atoms with van der Waals surface area (Å²) in [4.78, 5) is 8.67. The van der Waals surface area contributed by atoms with Crippen LogP contribution in [0.1, 0.15) is 29.4 Å². The highest BCUT2D eigenvalue weighted by Crippen LogP contribution is 2.38. The molecule has 1 aliphatic rings. The van der Waals surface area contributed by atoms with Crippen LogP contribution in [0.3, 0.4) is 0 Å². The normalized spacial score (nSPS) is 14.6. The van der Waals surface area contributed by atoms with Gasteiger partial charge in [-0.1, -0.05) is 103 Å². The molecule has 0 saturated carbocycles. The molecule has 3 heteroatoms. The molecule has 0 bridgehead atoms. The average molecular weight is 505 g/mol. The Balaban J connectivity index is 0.000000213. The summed E-state index contributed by atoms with van der Waals surface area (Å²) in [5, 5.41) is 7.80. The fourth-order valence-corrected chi connectivity index (χ4v) is 5.80. The van der Waals surface area contributed by atoms with E-state index in [0.717, 1.165) is 36.5 Å². The second-order valence-electron chi connectivity index (χ2n) is 10.2. The van der Waals surface area contributed by atoms with E-state index in [1.165, 1.54) is 43.4 Å². The Kier molecular flexibility index (Phi) is 6.10. The molecule has 0 radical (unpaired) electrons. The summed E-state index contributed by atoms with van der Waals surface area (Å²) in [7, 11) is 0. The van der Waals surface area contributed by atoms with Crippen LogP contribution in [0.5, 0.6) is 0 Å².